The van der Waals surface area contributed by atoms with E-state index in [-0.39, 0.29) is 17.3 Å². The van der Waals surface area contributed by atoms with Gasteiger partial charge in [-0.05, 0) is 24.8 Å². The average Bonchev–Trinajstić information content (AvgIpc) is 2.31. The minimum absolute atomic E-state index is 0.0107. The predicted molar refractivity (Wildman–Crippen MR) is 67.2 cm³/mol. The third-order valence-electron chi connectivity index (χ3n) is 2.38. The van der Waals surface area contributed by atoms with E-state index in [1.807, 2.05) is 13.2 Å². The molecule has 2 nitrogen and oxygen atoms in total. The highest BCUT2D eigenvalue weighted by Gasteiger charge is 2.14. The van der Waals surface area contributed by atoms with Gasteiger partial charge in [-0.3, -0.25) is 0 Å². The Labute approximate surface area is 104 Å². The molecule has 1 aromatic rings. The summed E-state index contributed by atoms with van der Waals surface area (Å²) in [5.41, 5.74) is -0.159. The lowest BCUT2D eigenvalue weighted by Crippen LogP contribution is -2.22. The van der Waals surface area contributed by atoms with E-state index in [2.05, 4.69) is 5.32 Å². The molecule has 17 heavy (non-hydrogen) atoms. The summed E-state index contributed by atoms with van der Waals surface area (Å²) >= 11 is 1.61. The monoisotopic (exact) mass is 256 g/mol. The van der Waals surface area contributed by atoms with Crippen molar-refractivity contribution in [3.63, 3.8) is 0 Å². The van der Waals surface area contributed by atoms with E-state index in [4.69, 9.17) is 5.26 Å². The van der Waals surface area contributed by atoms with Crippen molar-refractivity contribution in [2.24, 2.45) is 0 Å². The number of anilines is 1. The number of hydrogen-bond donors (Lipinski definition) is 1. The van der Waals surface area contributed by atoms with Crippen LogP contribution in [-0.2, 0) is 0 Å². The van der Waals surface area contributed by atoms with Crippen LogP contribution in [0, 0.1) is 23.0 Å². The molecule has 92 valence electrons. The fourth-order valence-electron chi connectivity index (χ4n) is 1.44. The van der Waals surface area contributed by atoms with E-state index < -0.39 is 11.6 Å². The summed E-state index contributed by atoms with van der Waals surface area (Å²) in [5.74, 6) is -0.669. The minimum atomic E-state index is -0.721. The highest BCUT2D eigenvalue weighted by molar-refractivity contribution is 7.98. The van der Waals surface area contributed by atoms with Gasteiger partial charge in [0.1, 0.15) is 5.69 Å². The Hall–Kier alpha value is -1.28. The number of hydrogen-bond acceptors (Lipinski definition) is 3. The Balaban J connectivity index is 2.95. The Morgan fingerprint density at radius 3 is 2.41 bits per heavy atom. The van der Waals surface area contributed by atoms with Gasteiger partial charge in [0.25, 0.3) is 0 Å². The van der Waals surface area contributed by atoms with Crippen molar-refractivity contribution in [3.8, 4) is 6.07 Å². The van der Waals surface area contributed by atoms with Crippen LogP contribution in [0.5, 0.6) is 0 Å². The number of nitrogens with one attached hydrogen (secondary N) is 1. The van der Waals surface area contributed by atoms with E-state index in [9.17, 15) is 8.78 Å². The van der Waals surface area contributed by atoms with Crippen LogP contribution >= 0.6 is 11.8 Å². The van der Waals surface area contributed by atoms with E-state index in [1.54, 1.807) is 17.8 Å². The molecule has 0 fully saturated rings. The fourth-order valence-corrected chi connectivity index (χ4v) is 2.16. The molecule has 1 unspecified atom stereocenters. The number of rotatable bonds is 5. The zero-order valence-electron chi connectivity index (χ0n) is 9.76. The molecule has 0 bridgehead atoms. The third-order valence-corrected chi connectivity index (χ3v) is 3.12. The van der Waals surface area contributed by atoms with Gasteiger partial charge in [0.15, 0.2) is 11.6 Å². The van der Waals surface area contributed by atoms with Crippen molar-refractivity contribution in [1.29, 1.82) is 5.26 Å². The molecule has 1 atom stereocenters. The SMILES string of the molecule is CCC(CSC)Nc1c(F)cc(C#N)cc1F. The summed E-state index contributed by atoms with van der Waals surface area (Å²) in [6, 6.07) is 3.81. The molecule has 0 amide bonds. The van der Waals surface area contributed by atoms with Gasteiger partial charge in [-0.15, -0.1) is 0 Å². The summed E-state index contributed by atoms with van der Waals surface area (Å²) in [6.07, 6.45) is 2.72. The molecule has 0 heterocycles. The average molecular weight is 256 g/mol. The highest BCUT2D eigenvalue weighted by atomic mass is 32.2. The second-order valence-corrected chi connectivity index (χ2v) is 4.54. The van der Waals surface area contributed by atoms with Crippen LogP contribution in [0.15, 0.2) is 12.1 Å². The first-order chi connectivity index (χ1) is 8.12. The maximum atomic E-state index is 13.6. The lowest BCUT2D eigenvalue weighted by atomic mass is 10.1. The van der Waals surface area contributed by atoms with Crippen LogP contribution in [0.3, 0.4) is 0 Å². The first-order valence-corrected chi connectivity index (χ1v) is 6.66. The molecular formula is C12H14F2N2S. The van der Waals surface area contributed by atoms with E-state index >= 15 is 0 Å². The minimum Gasteiger partial charge on any atom is -0.377 e. The molecule has 0 saturated heterocycles. The summed E-state index contributed by atoms with van der Waals surface area (Å²) in [7, 11) is 0. The van der Waals surface area contributed by atoms with Gasteiger partial charge in [-0.25, -0.2) is 8.78 Å². The molecule has 0 aliphatic rings. The van der Waals surface area contributed by atoms with Crippen molar-refractivity contribution in [2.45, 2.75) is 19.4 Å². The Morgan fingerprint density at radius 1 is 1.41 bits per heavy atom. The summed E-state index contributed by atoms with van der Waals surface area (Å²) in [5, 5.41) is 11.4. The molecule has 0 radical (unpaired) electrons. The van der Waals surface area contributed by atoms with E-state index in [0.29, 0.717) is 0 Å². The van der Waals surface area contributed by atoms with Gasteiger partial charge in [0, 0.05) is 11.8 Å². The van der Waals surface area contributed by atoms with Gasteiger partial charge in [0.05, 0.1) is 11.6 Å². The van der Waals surface area contributed by atoms with Crippen molar-refractivity contribution < 1.29 is 8.78 Å². The molecule has 0 aliphatic heterocycles. The number of benzene rings is 1. The third kappa shape index (κ3) is 3.60. The van der Waals surface area contributed by atoms with Gasteiger partial charge >= 0.3 is 0 Å². The first kappa shape index (κ1) is 13.8. The van der Waals surface area contributed by atoms with Crippen LogP contribution in [0.1, 0.15) is 18.9 Å². The smallest absolute Gasteiger partial charge is 0.150 e. The van der Waals surface area contributed by atoms with Crippen LogP contribution in [0.25, 0.3) is 0 Å². The van der Waals surface area contributed by atoms with Crippen LogP contribution < -0.4 is 5.32 Å². The second kappa shape index (κ2) is 6.45. The first-order valence-electron chi connectivity index (χ1n) is 5.27. The van der Waals surface area contributed by atoms with Crippen molar-refractivity contribution >= 4 is 17.4 Å². The maximum absolute atomic E-state index is 13.6. The number of nitrogens with zero attached hydrogens (tertiary/aromatic N) is 1. The largest absolute Gasteiger partial charge is 0.377 e. The molecular weight excluding hydrogens is 242 g/mol. The number of thioether (sulfide) groups is 1. The lowest BCUT2D eigenvalue weighted by molar-refractivity contribution is 0.581. The molecule has 0 saturated carbocycles. The van der Waals surface area contributed by atoms with E-state index in [0.717, 1.165) is 24.3 Å². The topological polar surface area (TPSA) is 35.8 Å². The molecule has 0 aromatic heterocycles. The van der Waals surface area contributed by atoms with Crippen LogP contribution in [-0.4, -0.2) is 18.1 Å². The second-order valence-electron chi connectivity index (χ2n) is 3.63. The summed E-state index contributed by atoms with van der Waals surface area (Å²) in [4.78, 5) is 0. The Bertz CT molecular complexity index is 406. The van der Waals surface area contributed by atoms with Crippen molar-refractivity contribution in [1.82, 2.24) is 0 Å². The summed E-state index contributed by atoms with van der Waals surface area (Å²) < 4.78 is 27.1. The van der Waals surface area contributed by atoms with Crippen molar-refractivity contribution in [3.05, 3.63) is 29.3 Å². The normalized spacial score (nSPS) is 11.9. The zero-order chi connectivity index (χ0) is 12.8. The molecule has 0 spiro atoms. The maximum Gasteiger partial charge on any atom is 0.150 e. The van der Waals surface area contributed by atoms with E-state index in [1.165, 1.54) is 0 Å². The predicted octanol–water partition coefficient (Wildman–Crippen LogP) is 3.39. The highest BCUT2D eigenvalue weighted by Crippen LogP contribution is 2.22. The van der Waals surface area contributed by atoms with Gasteiger partial charge in [-0.1, -0.05) is 6.92 Å². The van der Waals surface area contributed by atoms with Gasteiger partial charge < -0.3 is 5.32 Å². The zero-order valence-corrected chi connectivity index (χ0v) is 10.6. The standard InChI is InChI=1S/C12H14F2N2S/c1-3-9(7-17-2)16-12-10(13)4-8(6-15)5-11(12)14/h4-5,9,16H,3,7H2,1-2H3. The molecule has 1 rings (SSSR count). The fraction of sp³-hybridized carbons (Fsp3) is 0.417. The van der Waals surface area contributed by atoms with Crippen LogP contribution in [0.4, 0.5) is 14.5 Å². The van der Waals surface area contributed by atoms with Gasteiger partial charge in [0.2, 0.25) is 0 Å². The number of nitriles is 1. The van der Waals surface area contributed by atoms with Gasteiger partial charge in [-0.2, -0.15) is 17.0 Å². The molecule has 1 aromatic carbocycles. The van der Waals surface area contributed by atoms with Crippen LogP contribution in [0.2, 0.25) is 0 Å². The lowest BCUT2D eigenvalue weighted by Gasteiger charge is -2.18. The molecule has 0 aliphatic carbocycles. The van der Waals surface area contributed by atoms with Crippen molar-refractivity contribution in [2.75, 3.05) is 17.3 Å². The summed E-state index contributed by atoms with van der Waals surface area (Å²) in [6.45, 7) is 1.95. The molecule has 5 heteroatoms. The Kier molecular flexibility index (Phi) is 5.23. The quantitative estimate of drug-likeness (QED) is 0.877. The Morgan fingerprint density at radius 2 is 2.00 bits per heavy atom. The number of halogens is 2. The molecule has 1 N–H and O–H groups in total.